The van der Waals surface area contributed by atoms with E-state index in [0.29, 0.717) is 19.0 Å². The largest absolute Gasteiger partial charge is 0.497 e. The molecule has 0 heterocycles. The van der Waals surface area contributed by atoms with Crippen LogP contribution in [0.3, 0.4) is 0 Å². The van der Waals surface area contributed by atoms with Crippen LogP contribution in [0.25, 0.3) is 0 Å². The molecule has 24 heavy (non-hydrogen) atoms. The number of hydrogen-bond acceptors (Lipinski definition) is 3. The third-order valence-corrected chi connectivity index (χ3v) is 3.51. The van der Waals surface area contributed by atoms with E-state index >= 15 is 0 Å². The number of halogens is 1. The summed E-state index contributed by atoms with van der Waals surface area (Å²) in [5.74, 6) is 1.85. The molecular formula is C18H22FN3O2. The normalized spacial score (nSPS) is 11.1. The van der Waals surface area contributed by atoms with Gasteiger partial charge in [0.15, 0.2) is 5.96 Å². The predicted octanol–water partition coefficient (Wildman–Crippen LogP) is 2.71. The molecule has 2 N–H and O–H groups in total. The highest BCUT2D eigenvalue weighted by Crippen LogP contribution is 2.24. The van der Waals surface area contributed by atoms with Crippen LogP contribution in [-0.4, -0.2) is 27.2 Å². The molecule has 0 aromatic heterocycles. The van der Waals surface area contributed by atoms with E-state index in [1.807, 2.05) is 24.3 Å². The zero-order chi connectivity index (χ0) is 17.4. The van der Waals surface area contributed by atoms with Crippen molar-refractivity contribution in [1.29, 1.82) is 0 Å². The summed E-state index contributed by atoms with van der Waals surface area (Å²) in [6.07, 6.45) is 0. The Morgan fingerprint density at radius 3 is 2.50 bits per heavy atom. The van der Waals surface area contributed by atoms with Crippen LogP contribution in [0.2, 0.25) is 0 Å². The van der Waals surface area contributed by atoms with Gasteiger partial charge >= 0.3 is 0 Å². The van der Waals surface area contributed by atoms with Crippen LogP contribution in [0.15, 0.2) is 47.5 Å². The molecule has 0 spiro atoms. The van der Waals surface area contributed by atoms with Gasteiger partial charge in [-0.2, -0.15) is 0 Å². The van der Waals surface area contributed by atoms with Crippen molar-refractivity contribution in [2.24, 2.45) is 4.99 Å². The lowest BCUT2D eigenvalue weighted by molar-refractivity contribution is 0.390. The number of nitrogens with one attached hydrogen (secondary N) is 2. The minimum atomic E-state index is -0.250. The number of benzene rings is 2. The van der Waals surface area contributed by atoms with E-state index < -0.39 is 0 Å². The van der Waals surface area contributed by atoms with Crippen molar-refractivity contribution in [1.82, 2.24) is 10.6 Å². The second-order valence-electron chi connectivity index (χ2n) is 5.09. The SMILES string of the molecule is CN=C(NCc1cccc(F)c1)NCc1ccc(OC)cc1OC. The maximum absolute atomic E-state index is 13.2. The number of hydrogen-bond donors (Lipinski definition) is 2. The van der Waals surface area contributed by atoms with Crippen molar-refractivity contribution in [3.63, 3.8) is 0 Å². The minimum Gasteiger partial charge on any atom is -0.497 e. The van der Waals surface area contributed by atoms with Crippen LogP contribution in [0.5, 0.6) is 11.5 Å². The van der Waals surface area contributed by atoms with Gasteiger partial charge in [-0.05, 0) is 29.8 Å². The van der Waals surface area contributed by atoms with E-state index in [9.17, 15) is 4.39 Å². The van der Waals surface area contributed by atoms with Gasteiger partial charge < -0.3 is 20.1 Å². The van der Waals surface area contributed by atoms with E-state index in [4.69, 9.17) is 9.47 Å². The van der Waals surface area contributed by atoms with Crippen LogP contribution < -0.4 is 20.1 Å². The molecule has 0 atom stereocenters. The second kappa shape index (κ2) is 8.76. The number of guanidine groups is 1. The summed E-state index contributed by atoms with van der Waals surface area (Å²) in [5, 5.41) is 6.36. The number of aliphatic imine (C=N–C) groups is 1. The van der Waals surface area contributed by atoms with E-state index in [2.05, 4.69) is 15.6 Å². The van der Waals surface area contributed by atoms with E-state index in [1.54, 1.807) is 27.3 Å². The molecule has 0 fully saturated rings. The quantitative estimate of drug-likeness (QED) is 0.631. The molecule has 2 aromatic carbocycles. The van der Waals surface area contributed by atoms with Gasteiger partial charge in [-0.1, -0.05) is 12.1 Å². The lowest BCUT2D eigenvalue weighted by Crippen LogP contribution is -2.36. The molecule has 6 heteroatoms. The summed E-state index contributed by atoms with van der Waals surface area (Å²) in [6.45, 7) is 1.02. The highest BCUT2D eigenvalue weighted by atomic mass is 19.1. The first-order chi connectivity index (χ1) is 11.7. The summed E-state index contributed by atoms with van der Waals surface area (Å²) >= 11 is 0. The van der Waals surface area contributed by atoms with Crippen molar-refractivity contribution >= 4 is 5.96 Å². The lowest BCUT2D eigenvalue weighted by Gasteiger charge is -2.14. The molecule has 5 nitrogen and oxygen atoms in total. The maximum Gasteiger partial charge on any atom is 0.191 e. The molecule has 0 bridgehead atoms. The fraction of sp³-hybridized carbons (Fsp3) is 0.278. The smallest absolute Gasteiger partial charge is 0.191 e. The molecule has 0 aliphatic carbocycles. The van der Waals surface area contributed by atoms with Crippen molar-refractivity contribution in [3.8, 4) is 11.5 Å². The molecule has 2 aromatic rings. The van der Waals surface area contributed by atoms with Gasteiger partial charge in [0.05, 0.1) is 14.2 Å². The Labute approximate surface area is 141 Å². The monoisotopic (exact) mass is 331 g/mol. The first-order valence-electron chi connectivity index (χ1n) is 7.56. The number of nitrogens with zero attached hydrogens (tertiary/aromatic N) is 1. The lowest BCUT2D eigenvalue weighted by atomic mass is 10.2. The van der Waals surface area contributed by atoms with Crippen LogP contribution >= 0.6 is 0 Å². The van der Waals surface area contributed by atoms with Crippen molar-refractivity contribution in [2.75, 3.05) is 21.3 Å². The molecule has 0 unspecified atom stereocenters. The molecular weight excluding hydrogens is 309 g/mol. The summed E-state index contributed by atoms with van der Waals surface area (Å²) in [5.41, 5.74) is 1.83. The van der Waals surface area contributed by atoms with E-state index in [1.165, 1.54) is 12.1 Å². The van der Waals surface area contributed by atoms with Crippen molar-refractivity contribution in [2.45, 2.75) is 13.1 Å². The summed E-state index contributed by atoms with van der Waals surface area (Å²) in [7, 11) is 4.92. The Morgan fingerprint density at radius 2 is 1.83 bits per heavy atom. The first-order valence-corrected chi connectivity index (χ1v) is 7.56. The second-order valence-corrected chi connectivity index (χ2v) is 5.09. The van der Waals surface area contributed by atoms with Crippen LogP contribution in [0.4, 0.5) is 4.39 Å². The number of methoxy groups -OCH3 is 2. The standard InChI is InChI=1S/C18H22FN3O2/c1-20-18(21-11-13-5-4-6-15(19)9-13)22-12-14-7-8-16(23-2)10-17(14)24-3/h4-10H,11-12H2,1-3H3,(H2,20,21,22). The molecule has 0 aliphatic rings. The first kappa shape index (κ1) is 17.6. The zero-order valence-corrected chi connectivity index (χ0v) is 14.1. The summed E-state index contributed by atoms with van der Waals surface area (Å²) in [4.78, 5) is 4.16. The molecule has 0 radical (unpaired) electrons. The Kier molecular flexibility index (Phi) is 6.42. The number of ether oxygens (including phenoxy) is 2. The van der Waals surface area contributed by atoms with Gasteiger partial charge in [-0.25, -0.2) is 4.39 Å². The predicted molar refractivity (Wildman–Crippen MR) is 93.0 cm³/mol. The van der Waals surface area contributed by atoms with Crippen LogP contribution in [0.1, 0.15) is 11.1 Å². The van der Waals surface area contributed by atoms with Crippen LogP contribution in [0, 0.1) is 5.82 Å². The molecule has 0 saturated heterocycles. The van der Waals surface area contributed by atoms with Gasteiger partial charge in [0.2, 0.25) is 0 Å². The Bertz CT molecular complexity index is 704. The minimum absolute atomic E-state index is 0.250. The van der Waals surface area contributed by atoms with Gasteiger partial charge in [0.1, 0.15) is 17.3 Å². The van der Waals surface area contributed by atoms with Gasteiger partial charge in [0.25, 0.3) is 0 Å². The Hall–Kier alpha value is -2.76. The van der Waals surface area contributed by atoms with Crippen molar-refractivity contribution < 1.29 is 13.9 Å². The maximum atomic E-state index is 13.2. The summed E-state index contributed by atoms with van der Waals surface area (Å²) in [6, 6.07) is 12.1. The highest BCUT2D eigenvalue weighted by Gasteiger charge is 2.06. The average molecular weight is 331 g/mol. The number of rotatable bonds is 6. The average Bonchev–Trinajstić information content (AvgIpc) is 2.61. The molecule has 128 valence electrons. The fourth-order valence-corrected chi connectivity index (χ4v) is 2.23. The Morgan fingerprint density at radius 1 is 1.04 bits per heavy atom. The highest BCUT2D eigenvalue weighted by molar-refractivity contribution is 5.79. The van der Waals surface area contributed by atoms with E-state index in [-0.39, 0.29) is 5.82 Å². The fourth-order valence-electron chi connectivity index (χ4n) is 2.23. The van der Waals surface area contributed by atoms with Crippen molar-refractivity contribution in [3.05, 3.63) is 59.4 Å². The molecule has 0 saturated carbocycles. The molecule has 0 amide bonds. The summed E-state index contributed by atoms with van der Waals surface area (Å²) < 4.78 is 23.8. The van der Waals surface area contributed by atoms with E-state index in [0.717, 1.165) is 22.6 Å². The third kappa shape index (κ3) is 4.87. The van der Waals surface area contributed by atoms with Crippen LogP contribution in [-0.2, 0) is 13.1 Å². The zero-order valence-electron chi connectivity index (χ0n) is 14.1. The topological polar surface area (TPSA) is 54.9 Å². The molecule has 2 rings (SSSR count). The van der Waals surface area contributed by atoms with Gasteiger partial charge in [0, 0.05) is 31.8 Å². The van der Waals surface area contributed by atoms with Gasteiger partial charge in [-0.15, -0.1) is 0 Å². The van der Waals surface area contributed by atoms with Gasteiger partial charge in [-0.3, -0.25) is 4.99 Å². The molecule has 0 aliphatic heterocycles. The Balaban J connectivity index is 1.94. The third-order valence-electron chi connectivity index (χ3n) is 3.51.